The topological polar surface area (TPSA) is 224 Å². The fourth-order valence-electron chi connectivity index (χ4n) is 12.6. The summed E-state index contributed by atoms with van der Waals surface area (Å²) in [5.41, 5.74) is -2.52. The van der Waals surface area contributed by atoms with Gasteiger partial charge in [0.1, 0.15) is 53.9 Å². The molecule has 3 N–H and O–H groups in total. The van der Waals surface area contributed by atoms with Crippen LogP contribution in [0.3, 0.4) is 0 Å². The zero-order valence-electron chi connectivity index (χ0n) is 59.3. The first-order chi connectivity index (χ1) is 53.0. The van der Waals surface area contributed by atoms with E-state index in [1.54, 1.807) is 66.8 Å². The molecule has 14 rings (SSSR count). The van der Waals surface area contributed by atoms with Crippen LogP contribution >= 0.6 is 46.6 Å². The number of fused-ring (bicyclic) bond motifs is 7. The second-order valence-corrected chi connectivity index (χ2v) is 29.2. The van der Waals surface area contributed by atoms with Crippen LogP contribution < -0.4 is 43.4 Å². The Hall–Kier alpha value is -11.3. The number of benzene rings is 7. The number of hydrogen-bond donors (Lipinski definition) is 3. The molecule has 0 saturated heterocycles. The fourth-order valence-corrected chi connectivity index (χ4v) is 15.9. The van der Waals surface area contributed by atoms with Crippen LogP contribution in [0, 0.1) is 24.4 Å². The Morgan fingerprint density at radius 1 is 0.459 bits per heavy atom. The van der Waals surface area contributed by atoms with Crippen molar-refractivity contribution in [3.05, 3.63) is 294 Å². The quantitative estimate of drug-likeness (QED) is 0.0505. The highest BCUT2D eigenvalue weighted by molar-refractivity contribution is 8.00. The van der Waals surface area contributed by atoms with Gasteiger partial charge >= 0.3 is 29.2 Å². The van der Waals surface area contributed by atoms with E-state index in [0.717, 1.165) is 65.7 Å². The van der Waals surface area contributed by atoms with Crippen LogP contribution in [0.4, 0.5) is 50.9 Å². The SMILES string of the molecule is CCN(CC)c1ccc2c(c1)c1oc(=O)c(Sc3ccc(C(F)(F)F)cc3)c(O)c1c(=O)n2Cc1cccc(F)c1.CCN(CC)c1ccc2c(c1)c1oc(=O)c(Sc3ccccc3F)c(O)c1c(=O)n2Cc1cccc(F)c1.Cc1cc2oc(=O)c(Sc3cccc(C(F)(F)F)c3)c(O)c2c(=O)n1CCc1cccs1. The maximum Gasteiger partial charge on any atom is 0.416 e. The maximum atomic E-state index is 14.3. The number of thiophene rings is 1. The number of pyridine rings is 3. The van der Waals surface area contributed by atoms with Gasteiger partial charge in [-0.05, 0) is 179 Å². The smallest absolute Gasteiger partial charge is 0.416 e. The van der Waals surface area contributed by atoms with Gasteiger partial charge in [-0.1, -0.05) is 83.8 Å². The Kier molecular flexibility index (Phi) is 23.6. The molecule has 0 aliphatic heterocycles. The molecule has 572 valence electrons. The van der Waals surface area contributed by atoms with E-state index in [4.69, 9.17) is 13.3 Å². The lowest BCUT2D eigenvalue weighted by molar-refractivity contribution is -0.138. The van der Waals surface area contributed by atoms with Crippen LogP contribution in [0.1, 0.15) is 60.5 Å². The minimum Gasteiger partial charge on any atom is -0.505 e. The first kappa shape index (κ1) is 79.2. The van der Waals surface area contributed by atoms with E-state index in [2.05, 4.69) is 9.80 Å². The standard InChI is InChI=1S/C30H24F4N2O4S.C29H24F2N2O4S.C22H16F3NO4S2/c1-3-35(4-2)20-10-13-23-22(15-20)26-24(28(38)36(23)16-17-6-5-7-19(31)14-17)25(37)27(29(39)40-26)41-21-11-8-18(9-12-21)30(32,33)34;1-3-32(4-2)19-12-13-22-20(15-19)26-24(28(35)33(22)16-17-8-7-9-18(30)14-17)25(34)27(29(36)37-26)38-23-11-6-5-10-21(23)31;1-12-10-16-17(20(28)26(12)8-7-14-6-3-9-31-14)18(27)19(21(29)30-16)32-15-5-2-4-13(11-15)22(23,24)25/h5-15,37H,3-4,16H2,1-2H3;5-15,34H,3-4,16H2,1-2H3;2-6,9-11,27H,7-8H2,1H3. The molecule has 0 spiro atoms. The Balaban J connectivity index is 0.000000156. The highest BCUT2D eigenvalue weighted by atomic mass is 32.2. The van der Waals surface area contributed by atoms with Crippen molar-refractivity contribution < 1.29 is 68.1 Å². The van der Waals surface area contributed by atoms with Crippen molar-refractivity contribution in [3.8, 4) is 17.2 Å². The van der Waals surface area contributed by atoms with Gasteiger partial charge in [-0.15, -0.1) is 11.3 Å². The molecule has 0 amide bonds. The minimum atomic E-state index is -4.56. The number of aryl methyl sites for hydroxylation is 2. The monoisotopic (exact) mass is 1600 g/mol. The van der Waals surface area contributed by atoms with E-state index in [1.807, 2.05) is 57.3 Å². The summed E-state index contributed by atoms with van der Waals surface area (Å²) in [4.78, 5) is 84.0. The van der Waals surface area contributed by atoms with Crippen LogP contribution in [-0.4, -0.2) is 55.2 Å². The molecule has 0 atom stereocenters. The van der Waals surface area contributed by atoms with Crippen molar-refractivity contribution in [1.29, 1.82) is 0 Å². The van der Waals surface area contributed by atoms with Crippen molar-refractivity contribution in [2.75, 3.05) is 36.0 Å². The van der Waals surface area contributed by atoms with E-state index in [9.17, 15) is 83.6 Å². The van der Waals surface area contributed by atoms with Gasteiger partial charge in [0, 0.05) is 86.2 Å². The van der Waals surface area contributed by atoms with Gasteiger partial charge in [0.15, 0.2) is 28.4 Å². The number of hydrogen-bond acceptors (Lipinski definition) is 18. The Morgan fingerprint density at radius 3 is 1.42 bits per heavy atom. The van der Waals surface area contributed by atoms with E-state index in [1.165, 1.54) is 80.4 Å². The molecule has 7 aromatic heterocycles. The summed E-state index contributed by atoms with van der Waals surface area (Å²) in [5, 5.41) is 35.4. The number of alkyl halides is 6. The molecule has 0 bridgehead atoms. The number of aromatic nitrogens is 3. The maximum absolute atomic E-state index is 14.3. The number of aromatic hydroxyl groups is 3. The summed E-state index contributed by atoms with van der Waals surface area (Å²) >= 11 is 3.55. The molecular formula is C81H64F9N5O12S4. The number of anilines is 2. The highest BCUT2D eigenvalue weighted by Crippen LogP contribution is 2.43. The summed E-state index contributed by atoms with van der Waals surface area (Å²) in [6.07, 6.45) is -8.49. The van der Waals surface area contributed by atoms with Crippen LogP contribution in [0.5, 0.6) is 17.2 Å². The molecular weight excluding hydrogens is 1530 g/mol. The largest absolute Gasteiger partial charge is 0.505 e. The Labute approximate surface area is 640 Å². The van der Waals surface area contributed by atoms with Crippen molar-refractivity contribution in [1.82, 2.24) is 13.7 Å². The molecule has 0 aliphatic rings. The first-order valence-corrected chi connectivity index (χ1v) is 37.6. The second kappa shape index (κ2) is 33.1. The Bertz CT molecular complexity index is 6270. The van der Waals surface area contributed by atoms with E-state index < -0.39 is 91.7 Å². The third kappa shape index (κ3) is 16.9. The second-order valence-electron chi connectivity index (χ2n) is 25.0. The number of nitrogens with zero attached hydrogens (tertiary/aromatic N) is 5. The number of rotatable bonds is 19. The molecule has 0 saturated carbocycles. The molecule has 7 heterocycles. The van der Waals surface area contributed by atoms with Crippen LogP contribution in [0.15, 0.2) is 253 Å². The van der Waals surface area contributed by atoms with Crippen molar-refractivity contribution in [3.63, 3.8) is 0 Å². The molecule has 14 aromatic rings. The number of halogens is 9. The summed E-state index contributed by atoms with van der Waals surface area (Å²) in [5.74, 6) is -3.34. The molecule has 0 radical (unpaired) electrons. The van der Waals surface area contributed by atoms with Gasteiger partial charge in [0.2, 0.25) is 0 Å². The van der Waals surface area contributed by atoms with Crippen molar-refractivity contribution in [2.45, 2.75) is 102 Å². The van der Waals surface area contributed by atoms with E-state index in [0.29, 0.717) is 100.0 Å². The summed E-state index contributed by atoms with van der Waals surface area (Å²) < 4.78 is 141. The summed E-state index contributed by atoms with van der Waals surface area (Å²) in [6.45, 7) is 12.8. The van der Waals surface area contributed by atoms with Crippen molar-refractivity contribution >= 4 is 113 Å². The summed E-state index contributed by atoms with van der Waals surface area (Å²) in [6, 6.07) is 41.9. The van der Waals surface area contributed by atoms with Crippen molar-refractivity contribution in [2.24, 2.45) is 0 Å². The van der Waals surface area contributed by atoms with Gasteiger partial charge in [-0.2, -0.15) is 26.3 Å². The lowest BCUT2D eigenvalue weighted by atomic mass is 10.1. The molecule has 30 heteroatoms. The van der Waals surface area contributed by atoms with Crippen LogP contribution in [0.2, 0.25) is 0 Å². The molecule has 0 aliphatic carbocycles. The molecule has 0 fully saturated rings. The van der Waals surface area contributed by atoms with Crippen LogP contribution in [-0.2, 0) is 38.4 Å². The van der Waals surface area contributed by atoms with Gasteiger partial charge in [0.05, 0.1) is 35.2 Å². The first-order valence-electron chi connectivity index (χ1n) is 34.2. The van der Waals surface area contributed by atoms with Gasteiger partial charge in [-0.25, -0.2) is 27.6 Å². The molecule has 7 aromatic carbocycles. The summed E-state index contributed by atoms with van der Waals surface area (Å²) in [7, 11) is 0. The van der Waals surface area contributed by atoms with Gasteiger partial charge in [-0.3, -0.25) is 14.4 Å². The molecule has 111 heavy (non-hydrogen) atoms. The third-order valence-electron chi connectivity index (χ3n) is 18.1. The average Bonchev–Trinajstić information content (AvgIpc) is 0.974. The van der Waals surface area contributed by atoms with Gasteiger partial charge in [0.25, 0.3) is 16.7 Å². The zero-order chi connectivity index (χ0) is 79.5. The van der Waals surface area contributed by atoms with Gasteiger partial charge < -0.3 is 52.1 Å². The fraction of sp³-hybridized carbons (Fsp3) is 0.185. The Morgan fingerprint density at radius 2 is 0.937 bits per heavy atom. The third-order valence-corrected chi connectivity index (χ3v) is 22.3. The minimum absolute atomic E-state index is 0.0159. The average molecular weight is 1600 g/mol. The molecule has 17 nitrogen and oxygen atoms in total. The molecule has 0 unspecified atom stereocenters. The van der Waals surface area contributed by atoms with Crippen LogP contribution in [0.25, 0.3) is 54.7 Å². The highest BCUT2D eigenvalue weighted by Gasteiger charge is 2.33. The van der Waals surface area contributed by atoms with E-state index in [-0.39, 0.29) is 75.4 Å². The van der Waals surface area contributed by atoms with E-state index >= 15 is 0 Å². The lowest BCUT2D eigenvalue weighted by Crippen LogP contribution is -2.24. The predicted molar refractivity (Wildman–Crippen MR) is 413 cm³/mol. The lowest BCUT2D eigenvalue weighted by Gasteiger charge is -2.22. The normalized spacial score (nSPS) is 11.7. The zero-order valence-corrected chi connectivity index (χ0v) is 62.5. The predicted octanol–water partition coefficient (Wildman–Crippen LogP) is 18.6.